The van der Waals surface area contributed by atoms with Crippen molar-refractivity contribution in [3.8, 4) is 0 Å². The molecule has 90 valence electrons. The minimum Gasteiger partial charge on any atom is -0.323 e. The van der Waals surface area contributed by atoms with Crippen molar-refractivity contribution in [2.24, 2.45) is 5.73 Å². The molecule has 16 heavy (non-hydrogen) atoms. The van der Waals surface area contributed by atoms with E-state index in [4.69, 9.17) is 5.73 Å². The zero-order valence-electron chi connectivity index (χ0n) is 10.1. The molecule has 2 unspecified atom stereocenters. The first-order valence-electron chi connectivity index (χ1n) is 5.86. The Labute approximate surface area is 101 Å². The van der Waals surface area contributed by atoms with Gasteiger partial charge in [-0.2, -0.15) is 0 Å². The van der Waals surface area contributed by atoms with E-state index in [1.807, 2.05) is 19.1 Å². The SMILES string of the molecule is CCCS(=O)CC(N)c1ccc(CC)cc1. The van der Waals surface area contributed by atoms with Gasteiger partial charge in [-0.05, 0) is 24.0 Å². The highest BCUT2D eigenvalue weighted by Gasteiger charge is 2.09. The van der Waals surface area contributed by atoms with E-state index in [1.54, 1.807) is 0 Å². The van der Waals surface area contributed by atoms with E-state index in [9.17, 15) is 4.21 Å². The van der Waals surface area contributed by atoms with Gasteiger partial charge in [0.2, 0.25) is 0 Å². The van der Waals surface area contributed by atoms with Gasteiger partial charge in [0, 0.05) is 28.3 Å². The fraction of sp³-hybridized carbons (Fsp3) is 0.538. The van der Waals surface area contributed by atoms with Gasteiger partial charge in [-0.25, -0.2) is 0 Å². The van der Waals surface area contributed by atoms with E-state index in [-0.39, 0.29) is 6.04 Å². The van der Waals surface area contributed by atoms with E-state index < -0.39 is 10.8 Å². The average Bonchev–Trinajstić information content (AvgIpc) is 2.29. The normalized spacial score (nSPS) is 14.7. The Bertz CT molecular complexity index is 334. The van der Waals surface area contributed by atoms with Crippen LogP contribution in [0.5, 0.6) is 0 Å². The van der Waals surface area contributed by atoms with Gasteiger partial charge in [-0.15, -0.1) is 0 Å². The molecular formula is C13H21NOS. The quantitative estimate of drug-likeness (QED) is 0.828. The highest BCUT2D eigenvalue weighted by molar-refractivity contribution is 7.85. The van der Waals surface area contributed by atoms with Crippen LogP contribution in [0.15, 0.2) is 24.3 Å². The molecular weight excluding hydrogens is 218 g/mol. The predicted molar refractivity (Wildman–Crippen MR) is 70.9 cm³/mol. The van der Waals surface area contributed by atoms with Crippen molar-refractivity contribution in [1.29, 1.82) is 0 Å². The summed E-state index contributed by atoms with van der Waals surface area (Å²) in [7, 11) is -0.783. The summed E-state index contributed by atoms with van der Waals surface area (Å²) in [5.41, 5.74) is 8.42. The summed E-state index contributed by atoms with van der Waals surface area (Å²) in [6.07, 6.45) is 1.99. The van der Waals surface area contributed by atoms with Crippen molar-refractivity contribution in [2.75, 3.05) is 11.5 Å². The van der Waals surface area contributed by atoms with Crippen LogP contribution in [0.2, 0.25) is 0 Å². The van der Waals surface area contributed by atoms with Gasteiger partial charge in [0.05, 0.1) is 0 Å². The van der Waals surface area contributed by atoms with Gasteiger partial charge in [0.25, 0.3) is 0 Å². The van der Waals surface area contributed by atoms with E-state index >= 15 is 0 Å². The Kier molecular flexibility index (Phi) is 5.71. The molecule has 0 aromatic heterocycles. The number of hydrogen-bond acceptors (Lipinski definition) is 2. The molecule has 1 rings (SSSR count). The predicted octanol–water partition coefficient (Wildman–Crippen LogP) is 2.41. The summed E-state index contributed by atoms with van der Waals surface area (Å²) >= 11 is 0. The van der Waals surface area contributed by atoms with Crippen LogP contribution < -0.4 is 5.73 Å². The molecule has 0 amide bonds. The maximum atomic E-state index is 11.6. The van der Waals surface area contributed by atoms with Crippen LogP contribution in [0, 0.1) is 0 Å². The van der Waals surface area contributed by atoms with Crippen molar-refractivity contribution < 1.29 is 4.21 Å². The molecule has 0 saturated heterocycles. The van der Waals surface area contributed by atoms with Crippen LogP contribution in [-0.4, -0.2) is 15.7 Å². The summed E-state index contributed by atoms with van der Waals surface area (Å²) in [5.74, 6) is 1.32. The topological polar surface area (TPSA) is 43.1 Å². The van der Waals surface area contributed by atoms with Gasteiger partial charge >= 0.3 is 0 Å². The zero-order chi connectivity index (χ0) is 12.0. The van der Waals surface area contributed by atoms with Gasteiger partial charge in [-0.3, -0.25) is 4.21 Å². The Morgan fingerprint density at radius 3 is 2.38 bits per heavy atom. The molecule has 0 radical (unpaired) electrons. The lowest BCUT2D eigenvalue weighted by atomic mass is 10.1. The summed E-state index contributed by atoms with van der Waals surface area (Å²) < 4.78 is 11.6. The lowest BCUT2D eigenvalue weighted by Crippen LogP contribution is -2.19. The van der Waals surface area contributed by atoms with E-state index in [1.165, 1.54) is 5.56 Å². The molecule has 0 aliphatic carbocycles. The smallest absolute Gasteiger partial charge is 0.0428 e. The third-order valence-electron chi connectivity index (χ3n) is 2.61. The van der Waals surface area contributed by atoms with Crippen molar-refractivity contribution in [1.82, 2.24) is 0 Å². The fourth-order valence-corrected chi connectivity index (χ4v) is 2.82. The Morgan fingerprint density at radius 2 is 1.88 bits per heavy atom. The van der Waals surface area contributed by atoms with Gasteiger partial charge in [0.15, 0.2) is 0 Å². The van der Waals surface area contributed by atoms with Gasteiger partial charge < -0.3 is 5.73 Å². The van der Waals surface area contributed by atoms with Crippen LogP contribution in [0.1, 0.15) is 37.4 Å². The standard InChI is InChI=1S/C13H21NOS/c1-3-9-16(15)10-13(14)12-7-5-11(4-2)6-8-12/h5-8,13H,3-4,9-10,14H2,1-2H3. The zero-order valence-corrected chi connectivity index (χ0v) is 10.9. The van der Waals surface area contributed by atoms with Gasteiger partial charge in [0.1, 0.15) is 0 Å². The molecule has 1 aromatic rings. The molecule has 0 saturated carbocycles. The summed E-state index contributed by atoms with van der Waals surface area (Å²) in [6.45, 7) is 4.17. The van der Waals surface area contributed by atoms with Crippen molar-refractivity contribution >= 4 is 10.8 Å². The molecule has 0 bridgehead atoms. The second-order valence-corrected chi connectivity index (χ2v) is 5.63. The molecule has 2 N–H and O–H groups in total. The van der Waals surface area contributed by atoms with Crippen LogP contribution in [0.25, 0.3) is 0 Å². The molecule has 0 aliphatic rings. The average molecular weight is 239 g/mol. The monoisotopic (exact) mass is 239 g/mol. The first-order valence-corrected chi connectivity index (χ1v) is 7.35. The number of hydrogen-bond donors (Lipinski definition) is 1. The van der Waals surface area contributed by atoms with E-state index in [0.29, 0.717) is 5.75 Å². The molecule has 0 aliphatic heterocycles. The Hall–Kier alpha value is -0.670. The summed E-state index contributed by atoms with van der Waals surface area (Å²) in [4.78, 5) is 0. The molecule has 0 heterocycles. The van der Waals surface area contributed by atoms with Crippen LogP contribution in [0.4, 0.5) is 0 Å². The number of nitrogens with two attached hydrogens (primary N) is 1. The fourth-order valence-electron chi connectivity index (χ4n) is 1.61. The molecule has 0 fully saturated rings. The van der Waals surface area contributed by atoms with Crippen molar-refractivity contribution in [3.05, 3.63) is 35.4 Å². The first-order chi connectivity index (χ1) is 7.67. The number of rotatable bonds is 6. The van der Waals surface area contributed by atoms with Crippen molar-refractivity contribution in [3.63, 3.8) is 0 Å². The lowest BCUT2D eigenvalue weighted by molar-refractivity contribution is 0.674. The minimum atomic E-state index is -0.783. The highest BCUT2D eigenvalue weighted by atomic mass is 32.2. The minimum absolute atomic E-state index is 0.0988. The molecule has 0 spiro atoms. The largest absolute Gasteiger partial charge is 0.323 e. The molecule has 2 atom stereocenters. The maximum Gasteiger partial charge on any atom is 0.0428 e. The molecule has 2 nitrogen and oxygen atoms in total. The number of aryl methyl sites for hydroxylation is 1. The second kappa shape index (κ2) is 6.81. The first kappa shape index (κ1) is 13.4. The van der Waals surface area contributed by atoms with Crippen LogP contribution in [0.3, 0.4) is 0 Å². The van der Waals surface area contributed by atoms with Gasteiger partial charge in [-0.1, -0.05) is 38.1 Å². The van der Waals surface area contributed by atoms with Crippen LogP contribution in [-0.2, 0) is 17.2 Å². The van der Waals surface area contributed by atoms with Crippen molar-refractivity contribution in [2.45, 2.75) is 32.7 Å². The molecule has 1 aromatic carbocycles. The maximum absolute atomic E-state index is 11.6. The third-order valence-corrected chi connectivity index (χ3v) is 4.21. The second-order valence-electron chi connectivity index (χ2n) is 4.01. The van der Waals surface area contributed by atoms with E-state index in [0.717, 1.165) is 24.2 Å². The molecule has 3 heteroatoms. The third kappa shape index (κ3) is 4.06. The van der Waals surface area contributed by atoms with E-state index in [2.05, 4.69) is 19.1 Å². The summed E-state index contributed by atoms with van der Waals surface area (Å²) in [5, 5.41) is 0. The Morgan fingerprint density at radius 1 is 1.25 bits per heavy atom. The summed E-state index contributed by atoms with van der Waals surface area (Å²) in [6, 6.07) is 8.19. The highest BCUT2D eigenvalue weighted by Crippen LogP contribution is 2.13. The Balaban J connectivity index is 2.58. The number of benzene rings is 1. The van der Waals surface area contributed by atoms with Crippen LogP contribution >= 0.6 is 0 Å². The lowest BCUT2D eigenvalue weighted by Gasteiger charge is -2.11.